The van der Waals surface area contributed by atoms with Gasteiger partial charge < -0.3 is 15.0 Å². The minimum absolute atomic E-state index is 0.0745. The number of nitrogens with zero attached hydrogens (tertiary/aromatic N) is 2. The van der Waals surface area contributed by atoms with Gasteiger partial charge in [0.1, 0.15) is 0 Å². The van der Waals surface area contributed by atoms with Gasteiger partial charge >= 0.3 is 6.03 Å². The van der Waals surface area contributed by atoms with Gasteiger partial charge in [-0.25, -0.2) is 9.18 Å². The van der Waals surface area contributed by atoms with E-state index < -0.39 is 5.82 Å². The summed E-state index contributed by atoms with van der Waals surface area (Å²) in [7, 11) is 0. The normalized spacial score (nSPS) is 18.6. The summed E-state index contributed by atoms with van der Waals surface area (Å²) in [6, 6.07) is 1.14. The molecule has 1 fully saturated rings. The van der Waals surface area contributed by atoms with E-state index in [0.717, 1.165) is 12.6 Å². The minimum Gasteiger partial charge on any atom is -0.376 e. The molecule has 0 radical (unpaired) electrons. The molecule has 20 heavy (non-hydrogen) atoms. The molecule has 0 spiro atoms. The van der Waals surface area contributed by atoms with Crippen molar-refractivity contribution in [3.63, 3.8) is 0 Å². The number of likely N-dealkylation sites (tertiary alicyclic amines) is 1. The van der Waals surface area contributed by atoms with Gasteiger partial charge in [-0.2, -0.15) is 0 Å². The van der Waals surface area contributed by atoms with E-state index in [2.05, 4.69) is 24.1 Å². The second kappa shape index (κ2) is 6.65. The number of amides is 2. The van der Waals surface area contributed by atoms with Crippen molar-refractivity contribution in [1.82, 2.24) is 9.88 Å². The Morgan fingerprint density at radius 3 is 3.15 bits per heavy atom. The zero-order valence-corrected chi connectivity index (χ0v) is 11.8. The molecule has 110 valence electrons. The first kappa shape index (κ1) is 14.7. The van der Waals surface area contributed by atoms with Crippen molar-refractivity contribution in [2.24, 2.45) is 5.92 Å². The van der Waals surface area contributed by atoms with E-state index in [9.17, 15) is 9.18 Å². The number of hydrogen-bond donors (Lipinski definition) is 1. The Labute approximate surface area is 118 Å². The molecule has 2 heterocycles. The number of aromatic nitrogens is 1. The summed E-state index contributed by atoms with van der Waals surface area (Å²) in [6.07, 6.45) is 3.41. The van der Waals surface area contributed by atoms with Gasteiger partial charge in [0.2, 0.25) is 0 Å². The molecule has 1 N–H and O–H groups in total. The smallest absolute Gasteiger partial charge is 0.322 e. The number of rotatable bonds is 4. The largest absolute Gasteiger partial charge is 0.376 e. The molecule has 1 aromatic rings. The molecule has 0 unspecified atom stereocenters. The van der Waals surface area contributed by atoms with E-state index in [1.54, 1.807) is 4.90 Å². The molecule has 1 aromatic heterocycles. The number of anilines is 1. The number of urea groups is 1. The van der Waals surface area contributed by atoms with Crippen LogP contribution in [-0.4, -0.2) is 41.7 Å². The molecule has 1 aliphatic rings. The maximum absolute atomic E-state index is 13.4. The molecular formula is C14H20FN3O2. The van der Waals surface area contributed by atoms with E-state index in [1.165, 1.54) is 12.3 Å². The number of hydrogen-bond acceptors (Lipinski definition) is 3. The fourth-order valence-corrected chi connectivity index (χ4v) is 2.05. The molecule has 2 rings (SSSR count). The Morgan fingerprint density at radius 1 is 1.65 bits per heavy atom. The van der Waals surface area contributed by atoms with Crippen LogP contribution in [0, 0.1) is 11.7 Å². The van der Waals surface area contributed by atoms with E-state index in [0.29, 0.717) is 25.6 Å². The summed E-state index contributed by atoms with van der Waals surface area (Å²) in [4.78, 5) is 17.3. The minimum atomic E-state index is -0.535. The molecule has 1 aliphatic heterocycles. The Bertz CT molecular complexity index is 467. The van der Waals surface area contributed by atoms with E-state index in [-0.39, 0.29) is 17.8 Å². The van der Waals surface area contributed by atoms with Crippen LogP contribution in [0.1, 0.15) is 20.3 Å². The molecule has 6 heteroatoms. The number of carbonyl (C=O) groups is 1. The Morgan fingerprint density at radius 2 is 2.45 bits per heavy atom. The highest BCUT2D eigenvalue weighted by Crippen LogP contribution is 2.17. The van der Waals surface area contributed by atoms with Crippen molar-refractivity contribution in [3.8, 4) is 0 Å². The first-order valence-electron chi connectivity index (χ1n) is 6.83. The quantitative estimate of drug-likeness (QED) is 0.922. The highest BCUT2D eigenvalue weighted by Gasteiger charge is 2.27. The second-order valence-corrected chi connectivity index (χ2v) is 5.37. The number of halogens is 1. The predicted molar refractivity (Wildman–Crippen MR) is 74.0 cm³/mol. The zero-order valence-electron chi connectivity index (χ0n) is 11.8. The SMILES string of the molecule is CC(C)CO[C@H]1CCN(C(=O)Nc2ccncc2F)C1. The third-order valence-electron chi connectivity index (χ3n) is 3.11. The predicted octanol–water partition coefficient (Wildman–Crippen LogP) is 2.50. The van der Waals surface area contributed by atoms with Crippen molar-refractivity contribution in [1.29, 1.82) is 0 Å². The van der Waals surface area contributed by atoms with Crippen molar-refractivity contribution in [2.75, 3.05) is 25.0 Å². The second-order valence-electron chi connectivity index (χ2n) is 5.37. The topological polar surface area (TPSA) is 54.5 Å². The van der Waals surface area contributed by atoms with Gasteiger partial charge in [0.15, 0.2) is 5.82 Å². The first-order chi connectivity index (χ1) is 9.56. The van der Waals surface area contributed by atoms with Gasteiger partial charge in [-0.15, -0.1) is 0 Å². The van der Waals surface area contributed by atoms with E-state index in [1.807, 2.05) is 0 Å². The number of carbonyl (C=O) groups excluding carboxylic acids is 1. The molecule has 1 saturated heterocycles. The molecule has 2 amide bonds. The maximum Gasteiger partial charge on any atom is 0.322 e. The molecule has 0 saturated carbocycles. The lowest BCUT2D eigenvalue weighted by molar-refractivity contribution is 0.0440. The number of pyridine rings is 1. The molecule has 0 bridgehead atoms. The molecule has 0 aromatic carbocycles. The third kappa shape index (κ3) is 3.90. The number of ether oxygens (including phenoxy) is 1. The zero-order chi connectivity index (χ0) is 14.5. The summed E-state index contributed by atoms with van der Waals surface area (Å²) >= 11 is 0. The highest BCUT2D eigenvalue weighted by molar-refractivity contribution is 5.89. The van der Waals surface area contributed by atoms with Crippen LogP contribution in [0.4, 0.5) is 14.9 Å². The van der Waals surface area contributed by atoms with Crippen LogP contribution in [0.15, 0.2) is 18.5 Å². The van der Waals surface area contributed by atoms with Crippen LogP contribution < -0.4 is 5.32 Å². The Kier molecular flexibility index (Phi) is 4.89. The number of nitrogens with one attached hydrogen (secondary N) is 1. The van der Waals surface area contributed by atoms with Crippen molar-refractivity contribution in [2.45, 2.75) is 26.4 Å². The lowest BCUT2D eigenvalue weighted by atomic mass is 10.2. The third-order valence-corrected chi connectivity index (χ3v) is 3.11. The van der Waals surface area contributed by atoms with Crippen LogP contribution in [-0.2, 0) is 4.74 Å². The van der Waals surface area contributed by atoms with E-state index in [4.69, 9.17) is 4.74 Å². The standard InChI is InChI=1S/C14H20FN3O2/c1-10(2)9-20-11-4-6-18(8-11)14(19)17-13-3-5-16-7-12(13)15/h3,5,7,10-11H,4,6,8-9H2,1-2H3,(H,16,17,19)/t11-/m0/s1. The fraction of sp³-hybridized carbons (Fsp3) is 0.571. The summed E-state index contributed by atoms with van der Waals surface area (Å²) in [5.41, 5.74) is 0.150. The molecule has 1 atom stereocenters. The van der Waals surface area contributed by atoms with Gasteiger partial charge in [0.25, 0.3) is 0 Å². The summed E-state index contributed by atoms with van der Waals surface area (Å²) in [6.45, 7) is 6.04. The highest BCUT2D eigenvalue weighted by atomic mass is 19.1. The van der Waals surface area contributed by atoms with Gasteiger partial charge in [-0.05, 0) is 18.4 Å². The van der Waals surface area contributed by atoms with Gasteiger partial charge in [0, 0.05) is 25.9 Å². The molecule has 0 aliphatic carbocycles. The summed E-state index contributed by atoms with van der Waals surface area (Å²) < 4.78 is 19.1. The van der Waals surface area contributed by atoms with Crippen molar-refractivity contribution in [3.05, 3.63) is 24.3 Å². The van der Waals surface area contributed by atoms with Crippen molar-refractivity contribution < 1.29 is 13.9 Å². The lowest BCUT2D eigenvalue weighted by Crippen LogP contribution is -2.34. The average Bonchev–Trinajstić information content (AvgIpc) is 2.88. The van der Waals surface area contributed by atoms with Crippen LogP contribution in [0.5, 0.6) is 0 Å². The van der Waals surface area contributed by atoms with Crippen LogP contribution in [0.3, 0.4) is 0 Å². The van der Waals surface area contributed by atoms with Gasteiger partial charge in [-0.3, -0.25) is 4.98 Å². The lowest BCUT2D eigenvalue weighted by Gasteiger charge is -2.18. The van der Waals surface area contributed by atoms with Crippen LogP contribution >= 0.6 is 0 Å². The first-order valence-corrected chi connectivity index (χ1v) is 6.83. The Balaban J connectivity index is 1.84. The van der Waals surface area contributed by atoms with Gasteiger partial charge in [-0.1, -0.05) is 13.8 Å². The Hall–Kier alpha value is -1.69. The monoisotopic (exact) mass is 281 g/mol. The van der Waals surface area contributed by atoms with Gasteiger partial charge in [0.05, 0.1) is 18.0 Å². The summed E-state index contributed by atoms with van der Waals surface area (Å²) in [5.74, 6) is -0.0588. The van der Waals surface area contributed by atoms with Crippen molar-refractivity contribution >= 4 is 11.7 Å². The summed E-state index contributed by atoms with van der Waals surface area (Å²) in [5, 5.41) is 2.55. The maximum atomic E-state index is 13.4. The van der Waals surface area contributed by atoms with E-state index >= 15 is 0 Å². The van der Waals surface area contributed by atoms with Crippen LogP contribution in [0.25, 0.3) is 0 Å². The molecular weight excluding hydrogens is 261 g/mol. The average molecular weight is 281 g/mol. The van der Waals surface area contributed by atoms with Crippen LogP contribution in [0.2, 0.25) is 0 Å². The fourth-order valence-electron chi connectivity index (χ4n) is 2.05. The molecule has 5 nitrogen and oxygen atoms in total.